The van der Waals surface area contributed by atoms with E-state index in [4.69, 9.17) is 9.15 Å². The Morgan fingerprint density at radius 1 is 1.36 bits per heavy atom. The van der Waals surface area contributed by atoms with Gasteiger partial charge in [-0.3, -0.25) is 4.72 Å². The van der Waals surface area contributed by atoms with E-state index in [2.05, 4.69) is 39.3 Å². The summed E-state index contributed by atoms with van der Waals surface area (Å²) in [6.07, 6.45) is 4.52. The SMILES string of the molecule is CC(C)(C)OC(=O)N1CC(CCC(NSC(C)(C)C)c2ccco2)CC1(C)C. The number of hydrogen-bond acceptors (Lipinski definition) is 5. The highest BCUT2D eigenvalue weighted by Gasteiger charge is 2.42. The Morgan fingerprint density at radius 3 is 2.57 bits per heavy atom. The maximum Gasteiger partial charge on any atom is 0.410 e. The quantitative estimate of drug-likeness (QED) is 0.568. The lowest BCUT2D eigenvalue weighted by Crippen LogP contribution is -2.45. The molecule has 0 bridgehead atoms. The molecule has 1 aromatic rings. The maximum atomic E-state index is 12.6. The van der Waals surface area contributed by atoms with E-state index in [0.717, 1.165) is 31.6 Å². The van der Waals surface area contributed by atoms with Gasteiger partial charge in [0.15, 0.2) is 0 Å². The molecule has 1 aromatic heterocycles. The van der Waals surface area contributed by atoms with Crippen LogP contribution in [0.25, 0.3) is 0 Å². The summed E-state index contributed by atoms with van der Waals surface area (Å²) in [5.74, 6) is 1.43. The monoisotopic (exact) mass is 410 g/mol. The molecule has 0 radical (unpaired) electrons. The van der Waals surface area contributed by atoms with Crippen LogP contribution in [0.2, 0.25) is 0 Å². The highest BCUT2D eigenvalue weighted by Crippen LogP contribution is 2.38. The van der Waals surface area contributed by atoms with Crippen molar-refractivity contribution in [2.24, 2.45) is 5.92 Å². The average molecular weight is 411 g/mol. The van der Waals surface area contributed by atoms with E-state index >= 15 is 0 Å². The van der Waals surface area contributed by atoms with E-state index in [-0.39, 0.29) is 22.4 Å². The predicted molar refractivity (Wildman–Crippen MR) is 116 cm³/mol. The summed E-state index contributed by atoms with van der Waals surface area (Å²) < 4.78 is 15.0. The summed E-state index contributed by atoms with van der Waals surface area (Å²) in [4.78, 5) is 14.5. The molecule has 160 valence electrons. The molecular formula is C22H38N2O3S. The maximum absolute atomic E-state index is 12.6. The molecule has 1 aliphatic heterocycles. The number of nitrogens with zero attached hydrogens (tertiary/aromatic N) is 1. The van der Waals surface area contributed by atoms with Crippen molar-refractivity contribution in [3.8, 4) is 0 Å². The molecule has 0 spiro atoms. The van der Waals surface area contributed by atoms with Crippen molar-refractivity contribution in [1.82, 2.24) is 9.62 Å². The lowest BCUT2D eigenvalue weighted by molar-refractivity contribution is 0.0130. The lowest BCUT2D eigenvalue weighted by Gasteiger charge is -2.33. The van der Waals surface area contributed by atoms with Crippen molar-refractivity contribution >= 4 is 18.0 Å². The van der Waals surface area contributed by atoms with Gasteiger partial charge in [-0.25, -0.2) is 4.79 Å². The molecule has 1 amide bonds. The smallest absolute Gasteiger partial charge is 0.410 e. The number of carbonyl (C=O) groups is 1. The largest absolute Gasteiger partial charge is 0.468 e. The van der Waals surface area contributed by atoms with Crippen LogP contribution in [-0.4, -0.2) is 33.4 Å². The van der Waals surface area contributed by atoms with Crippen LogP contribution >= 0.6 is 11.9 Å². The first-order valence-corrected chi connectivity index (χ1v) is 11.1. The summed E-state index contributed by atoms with van der Waals surface area (Å²) in [6.45, 7) is 17.3. The Balaban J connectivity index is 1.97. The summed E-state index contributed by atoms with van der Waals surface area (Å²) in [7, 11) is 0. The number of nitrogens with one attached hydrogen (secondary N) is 1. The zero-order valence-corrected chi connectivity index (χ0v) is 19.6. The third-order valence-corrected chi connectivity index (χ3v) is 5.85. The van der Waals surface area contributed by atoms with Gasteiger partial charge in [0.05, 0.1) is 12.3 Å². The zero-order valence-electron chi connectivity index (χ0n) is 18.8. The van der Waals surface area contributed by atoms with Gasteiger partial charge in [0.2, 0.25) is 0 Å². The summed E-state index contributed by atoms with van der Waals surface area (Å²) in [5, 5.41) is 0. The van der Waals surface area contributed by atoms with Crippen LogP contribution in [0.1, 0.15) is 86.5 Å². The van der Waals surface area contributed by atoms with Crippen LogP contribution in [0.4, 0.5) is 4.79 Å². The van der Waals surface area contributed by atoms with Gasteiger partial charge in [0, 0.05) is 16.8 Å². The van der Waals surface area contributed by atoms with Gasteiger partial charge in [-0.05, 0) is 92.7 Å². The first-order valence-electron chi connectivity index (χ1n) is 10.2. The molecule has 0 aliphatic carbocycles. The van der Waals surface area contributed by atoms with Crippen LogP contribution < -0.4 is 4.72 Å². The highest BCUT2D eigenvalue weighted by molar-refractivity contribution is 7.98. The highest BCUT2D eigenvalue weighted by atomic mass is 32.2. The second kappa shape index (κ2) is 8.70. The van der Waals surface area contributed by atoms with E-state index in [1.165, 1.54) is 0 Å². The van der Waals surface area contributed by atoms with Crippen LogP contribution in [0, 0.1) is 5.92 Å². The normalized spacial score (nSPS) is 21.0. The van der Waals surface area contributed by atoms with Crippen molar-refractivity contribution in [3.05, 3.63) is 24.2 Å². The first kappa shape index (κ1) is 23.1. The second-order valence-electron chi connectivity index (χ2n) is 10.5. The predicted octanol–water partition coefficient (Wildman–Crippen LogP) is 6.17. The molecule has 28 heavy (non-hydrogen) atoms. The van der Waals surface area contributed by atoms with Crippen molar-refractivity contribution in [1.29, 1.82) is 0 Å². The van der Waals surface area contributed by atoms with Gasteiger partial charge >= 0.3 is 6.09 Å². The molecule has 2 unspecified atom stereocenters. The molecule has 1 N–H and O–H groups in total. The van der Waals surface area contributed by atoms with Crippen LogP contribution in [0.3, 0.4) is 0 Å². The number of amides is 1. The fraction of sp³-hybridized carbons (Fsp3) is 0.773. The molecule has 0 aromatic carbocycles. The van der Waals surface area contributed by atoms with Gasteiger partial charge in [0.1, 0.15) is 11.4 Å². The van der Waals surface area contributed by atoms with Crippen molar-refractivity contribution in [2.45, 2.75) is 96.6 Å². The van der Waals surface area contributed by atoms with Crippen LogP contribution in [0.15, 0.2) is 22.8 Å². The Labute approximate surface area is 175 Å². The fourth-order valence-electron chi connectivity index (χ4n) is 3.62. The van der Waals surface area contributed by atoms with Crippen LogP contribution in [-0.2, 0) is 4.74 Å². The van der Waals surface area contributed by atoms with E-state index in [0.29, 0.717) is 5.92 Å². The first-order chi connectivity index (χ1) is 12.8. The minimum atomic E-state index is -0.469. The van der Waals surface area contributed by atoms with Gasteiger partial charge in [-0.1, -0.05) is 11.9 Å². The topological polar surface area (TPSA) is 54.7 Å². The molecule has 6 heteroatoms. The van der Waals surface area contributed by atoms with Gasteiger partial charge in [0.25, 0.3) is 0 Å². The van der Waals surface area contributed by atoms with Gasteiger partial charge in [-0.15, -0.1) is 0 Å². The number of likely N-dealkylation sites (tertiary alicyclic amines) is 1. The van der Waals surface area contributed by atoms with E-state index in [1.807, 2.05) is 37.8 Å². The molecule has 2 rings (SSSR count). The number of ether oxygens (including phenoxy) is 1. The summed E-state index contributed by atoms with van der Waals surface area (Å²) in [5.41, 5.74) is -0.648. The second-order valence-corrected chi connectivity index (χ2v) is 12.1. The Hall–Kier alpha value is -1.14. The molecule has 1 aliphatic rings. The van der Waals surface area contributed by atoms with E-state index in [9.17, 15) is 4.79 Å². The molecular weight excluding hydrogens is 372 g/mol. The molecule has 0 saturated carbocycles. The number of rotatable bonds is 6. The number of furan rings is 1. The molecule has 1 fully saturated rings. The van der Waals surface area contributed by atoms with E-state index in [1.54, 1.807) is 18.2 Å². The zero-order chi connectivity index (χ0) is 21.2. The molecule has 1 saturated heterocycles. The Bertz CT molecular complexity index is 629. The number of hydrogen-bond donors (Lipinski definition) is 1. The minimum absolute atomic E-state index is 0.133. The lowest BCUT2D eigenvalue weighted by atomic mass is 9.92. The van der Waals surface area contributed by atoms with Gasteiger partial charge in [-0.2, -0.15) is 0 Å². The standard InChI is InChI=1S/C22H38N2O3S/c1-20(2,3)27-19(25)24-15-16(14-22(24,7)8)11-12-17(18-10-9-13-26-18)23-28-21(4,5)6/h9-10,13,16-17,23H,11-12,14-15H2,1-8H3. The van der Waals surface area contributed by atoms with Crippen molar-refractivity contribution in [3.63, 3.8) is 0 Å². The van der Waals surface area contributed by atoms with Crippen molar-refractivity contribution in [2.75, 3.05) is 6.54 Å². The molecule has 5 nitrogen and oxygen atoms in total. The third-order valence-electron chi connectivity index (χ3n) is 4.83. The minimum Gasteiger partial charge on any atom is -0.468 e. The van der Waals surface area contributed by atoms with Crippen LogP contribution in [0.5, 0.6) is 0 Å². The van der Waals surface area contributed by atoms with Crippen molar-refractivity contribution < 1.29 is 13.9 Å². The fourth-order valence-corrected chi connectivity index (χ4v) is 4.35. The summed E-state index contributed by atoms with van der Waals surface area (Å²) in [6, 6.07) is 4.14. The van der Waals surface area contributed by atoms with E-state index < -0.39 is 5.60 Å². The molecule has 2 atom stereocenters. The number of carbonyl (C=O) groups excluding carboxylic acids is 1. The third kappa shape index (κ3) is 7.03. The molecule has 2 heterocycles. The Kier molecular flexibility index (Phi) is 7.19. The average Bonchev–Trinajstić information content (AvgIpc) is 3.12. The summed E-state index contributed by atoms with van der Waals surface area (Å²) >= 11 is 1.74. The Morgan fingerprint density at radius 2 is 2.04 bits per heavy atom. The van der Waals surface area contributed by atoms with Gasteiger partial charge < -0.3 is 14.1 Å².